The fourth-order valence-corrected chi connectivity index (χ4v) is 1.42. The van der Waals surface area contributed by atoms with Gasteiger partial charge in [-0.3, -0.25) is 4.98 Å². The van der Waals surface area contributed by atoms with Crippen molar-refractivity contribution in [1.82, 2.24) is 15.2 Å². The van der Waals surface area contributed by atoms with Gasteiger partial charge in [-0.05, 0) is 24.6 Å². The van der Waals surface area contributed by atoms with Crippen LogP contribution in [0.3, 0.4) is 0 Å². The van der Waals surface area contributed by atoms with E-state index in [1.165, 1.54) is 4.90 Å². The summed E-state index contributed by atoms with van der Waals surface area (Å²) in [6, 6.07) is 3.17. The summed E-state index contributed by atoms with van der Waals surface area (Å²) in [4.78, 5) is 27.6. The molecule has 0 aliphatic rings. The Labute approximate surface area is 110 Å². The van der Waals surface area contributed by atoms with Crippen LogP contribution in [-0.4, -0.2) is 51.3 Å². The molecule has 19 heavy (non-hydrogen) atoms. The molecule has 3 N–H and O–H groups in total. The van der Waals surface area contributed by atoms with Gasteiger partial charge in [0.2, 0.25) is 0 Å². The maximum absolute atomic E-state index is 11.8. The first kappa shape index (κ1) is 14.9. The standard InChI is InChI=1S/C12H17N3O4/c1-2-15(8-9-3-5-13-6-4-9)12(19)14-7-10(16)11(17)18/h3-6,10,16H,2,7-8H2,1H3,(H,14,19)(H,17,18). The van der Waals surface area contributed by atoms with E-state index in [0.717, 1.165) is 5.56 Å². The number of rotatable bonds is 6. The summed E-state index contributed by atoms with van der Waals surface area (Å²) in [6.45, 7) is 2.36. The van der Waals surface area contributed by atoms with Crippen LogP contribution in [0.5, 0.6) is 0 Å². The molecule has 0 radical (unpaired) electrons. The zero-order chi connectivity index (χ0) is 14.3. The third-order valence-electron chi connectivity index (χ3n) is 2.52. The summed E-state index contributed by atoms with van der Waals surface area (Å²) in [5, 5.41) is 20.0. The Bertz CT molecular complexity index is 424. The molecule has 1 rings (SSSR count). The zero-order valence-corrected chi connectivity index (χ0v) is 10.6. The van der Waals surface area contributed by atoms with E-state index in [-0.39, 0.29) is 6.54 Å². The van der Waals surface area contributed by atoms with Crippen LogP contribution in [0.4, 0.5) is 4.79 Å². The molecule has 1 unspecified atom stereocenters. The molecule has 0 saturated heterocycles. The Hall–Kier alpha value is -2.15. The van der Waals surface area contributed by atoms with Gasteiger partial charge in [0.1, 0.15) is 0 Å². The molecule has 2 amide bonds. The Morgan fingerprint density at radius 2 is 2.05 bits per heavy atom. The molecule has 0 aromatic carbocycles. The summed E-state index contributed by atoms with van der Waals surface area (Å²) >= 11 is 0. The number of pyridine rings is 1. The largest absolute Gasteiger partial charge is 0.479 e. The van der Waals surface area contributed by atoms with E-state index in [2.05, 4.69) is 10.3 Å². The van der Waals surface area contributed by atoms with Crippen molar-refractivity contribution in [3.63, 3.8) is 0 Å². The van der Waals surface area contributed by atoms with Gasteiger partial charge in [-0.1, -0.05) is 0 Å². The van der Waals surface area contributed by atoms with Gasteiger partial charge in [-0.15, -0.1) is 0 Å². The monoisotopic (exact) mass is 267 g/mol. The Morgan fingerprint density at radius 3 is 2.58 bits per heavy atom. The molecule has 0 aliphatic heterocycles. The van der Waals surface area contributed by atoms with Gasteiger partial charge in [0.05, 0.1) is 6.54 Å². The molecule has 1 aromatic rings. The number of hydrogen-bond donors (Lipinski definition) is 3. The van der Waals surface area contributed by atoms with Gasteiger partial charge in [-0.25, -0.2) is 9.59 Å². The summed E-state index contributed by atoms with van der Waals surface area (Å²) in [5.41, 5.74) is 0.922. The fraction of sp³-hybridized carbons (Fsp3) is 0.417. The summed E-state index contributed by atoms with van der Waals surface area (Å²) in [5.74, 6) is -1.36. The number of urea groups is 1. The van der Waals surface area contributed by atoms with E-state index in [1.54, 1.807) is 24.5 Å². The first-order valence-corrected chi connectivity index (χ1v) is 5.87. The summed E-state index contributed by atoms with van der Waals surface area (Å²) < 4.78 is 0. The lowest BCUT2D eigenvalue weighted by atomic mass is 10.2. The van der Waals surface area contributed by atoms with Crippen LogP contribution in [-0.2, 0) is 11.3 Å². The minimum atomic E-state index is -1.59. The van der Waals surface area contributed by atoms with Crippen LogP contribution < -0.4 is 5.32 Å². The molecule has 1 heterocycles. The molecular formula is C12H17N3O4. The maximum Gasteiger partial charge on any atom is 0.334 e. The van der Waals surface area contributed by atoms with Crippen molar-refractivity contribution in [1.29, 1.82) is 0 Å². The number of carbonyl (C=O) groups is 2. The number of nitrogens with one attached hydrogen (secondary N) is 1. The molecule has 1 aromatic heterocycles. The number of hydrogen-bond acceptors (Lipinski definition) is 4. The lowest BCUT2D eigenvalue weighted by molar-refractivity contribution is -0.146. The van der Waals surface area contributed by atoms with Crippen LogP contribution in [0.15, 0.2) is 24.5 Å². The first-order chi connectivity index (χ1) is 9.04. The molecule has 7 heteroatoms. The van der Waals surface area contributed by atoms with Crippen molar-refractivity contribution in [2.24, 2.45) is 0 Å². The highest BCUT2D eigenvalue weighted by Gasteiger charge is 2.17. The average molecular weight is 267 g/mol. The quantitative estimate of drug-likeness (QED) is 0.676. The number of aliphatic hydroxyl groups excluding tert-OH is 1. The smallest absolute Gasteiger partial charge is 0.334 e. The number of amides is 2. The second-order valence-corrected chi connectivity index (χ2v) is 3.91. The lowest BCUT2D eigenvalue weighted by Gasteiger charge is -2.21. The van der Waals surface area contributed by atoms with Crippen molar-refractivity contribution < 1.29 is 19.8 Å². The predicted molar refractivity (Wildman–Crippen MR) is 67.4 cm³/mol. The van der Waals surface area contributed by atoms with E-state index in [4.69, 9.17) is 10.2 Å². The molecule has 1 atom stereocenters. The first-order valence-electron chi connectivity index (χ1n) is 5.87. The molecular weight excluding hydrogens is 250 g/mol. The number of carboxylic acid groups (broad SMARTS) is 1. The number of aromatic nitrogens is 1. The Balaban J connectivity index is 2.50. The van der Waals surface area contributed by atoms with Crippen molar-refractivity contribution in [3.8, 4) is 0 Å². The molecule has 0 saturated carbocycles. The average Bonchev–Trinajstić information content (AvgIpc) is 2.42. The maximum atomic E-state index is 11.8. The second-order valence-electron chi connectivity index (χ2n) is 3.91. The Kier molecular flexibility index (Phi) is 5.74. The fourth-order valence-electron chi connectivity index (χ4n) is 1.42. The van der Waals surface area contributed by atoms with E-state index in [0.29, 0.717) is 13.1 Å². The molecule has 104 valence electrons. The molecule has 0 spiro atoms. The van der Waals surface area contributed by atoms with Crippen molar-refractivity contribution in [2.45, 2.75) is 19.6 Å². The normalized spacial score (nSPS) is 11.7. The molecule has 0 fully saturated rings. The van der Waals surface area contributed by atoms with Crippen LogP contribution >= 0.6 is 0 Å². The SMILES string of the molecule is CCN(Cc1ccncc1)C(=O)NCC(O)C(=O)O. The summed E-state index contributed by atoms with van der Waals surface area (Å²) in [7, 11) is 0. The number of aliphatic carboxylic acids is 1. The zero-order valence-electron chi connectivity index (χ0n) is 10.6. The van der Waals surface area contributed by atoms with Crippen LogP contribution in [0.1, 0.15) is 12.5 Å². The molecule has 0 bridgehead atoms. The van der Waals surface area contributed by atoms with E-state index in [9.17, 15) is 9.59 Å². The third-order valence-corrected chi connectivity index (χ3v) is 2.52. The number of aliphatic hydroxyl groups is 1. The molecule has 7 nitrogen and oxygen atoms in total. The Morgan fingerprint density at radius 1 is 1.42 bits per heavy atom. The van der Waals surface area contributed by atoms with E-state index in [1.807, 2.05) is 6.92 Å². The highest BCUT2D eigenvalue weighted by molar-refractivity contribution is 5.76. The van der Waals surface area contributed by atoms with Crippen LogP contribution in [0.2, 0.25) is 0 Å². The minimum absolute atomic E-state index is 0.318. The van der Waals surface area contributed by atoms with Gasteiger partial charge in [-0.2, -0.15) is 0 Å². The lowest BCUT2D eigenvalue weighted by Crippen LogP contribution is -2.44. The van der Waals surface area contributed by atoms with E-state index >= 15 is 0 Å². The van der Waals surface area contributed by atoms with Crippen LogP contribution in [0, 0.1) is 0 Å². The third kappa shape index (κ3) is 4.92. The molecule has 0 aliphatic carbocycles. The predicted octanol–water partition coefficient (Wildman–Crippen LogP) is 0.0586. The van der Waals surface area contributed by atoms with Crippen molar-refractivity contribution >= 4 is 12.0 Å². The topological polar surface area (TPSA) is 103 Å². The number of carboxylic acids is 1. The minimum Gasteiger partial charge on any atom is -0.479 e. The summed E-state index contributed by atoms with van der Waals surface area (Å²) in [6.07, 6.45) is 1.67. The van der Waals surface area contributed by atoms with Gasteiger partial charge in [0.15, 0.2) is 6.10 Å². The highest BCUT2D eigenvalue weighted by atomic mass is 16.4. The van der Waals surface area contributed by atoms with Crippen molar-refractivity contribution in [3.05, 3.63) is 30.1 Å². The van der Waals surface area contributed by atoms with Crippen molar-refractivity contribution in [2.75, 3.05) is 13.1 Å². The highest BCUT2D eigenvalue weighted by Crippen LogP contribution is 2.03. The van der Waals surface area contributed by atoms with Gasteiger partial charge in [0, 0.05) is 25.5 Å². The van der Waals surface area contributed by atoms with Gasteiger partial charge in [0.25, 0.3) is 0 Å². The van der Waals surface area contributed by atoms with Crippen LogP contribution in [0.25, 0.3) is 0 Å². The van der Waals surface area contributed by atoms with Gasteiger partial charge >= 0.3 is 12.0 Å². The van der Waals surface area contributed by atoms with Gasteiger partial charge < -0.3 is 20.4 Å². The number of nitrogens with zero attached hydrogens (tertiary/aromatic N) is 2. The second kappa shape index (κ2) is 7.32. The number of carbonyl (C=O) groups excluding carboxylic acids is 1. The van der Waals surface area contributed by atoms with E-state index < -0.39 is 18.1 Å².